The first-order chi connectivity index (χ1) is 11.2. The molecule has 0 aliphatic rings. The van der Waals surface area contributed by atoms with Gasteiger partial charge in [-0.3, -0.25) is 10.1 Å². The Morgan fingerprint density at radius 2 is 2.04 bits per heavy atom. The SMILES string of the molecule is O=c1n(CCOc2ccccc2[N+](=O)[O-])nnn1-c1cccs1. The molecule has 0 radical (unpaired) electrons. The van der Waals surface area contributed by atoms with Crippen LogP contribution in [-0.4, -0.2) is 31.3 Å². The van der Waals surface area contributed by atoms with Crippen LogP contribution in [0.5, 0.6) is 5.75 Å². The van der Waals surface area contributed by atoms with Gasteiger partial charge in [0.2, 0.25) is 0 Å². The molecule has 0 bridgehead atoms. The van der Waals surface area contributed by atoms with Crippen LogP contribution in [0.1, 0.15) is 0 Å². The second-order valence-electron chi connectivity index (χ2n) is 4.42. The highest BCUT2D eigenvalue weighted by molar-refractivity contribution is 7.12. The Balaban J connectivity index is 1.69. The largest absolute Gasteiger partial charge is 0.485 e. The predicted molar refractivity (Wildman–Crippen MR) is 82.1 cm³/mol. The zero-order chi connectivity index (χ0) is 16.2. The quantitative estimate of drug-likeness (QED) is 0.500. The number of ether oxygens (including phenoxy) is 1. The number of nitro benzene ring substituents is 1. The summed E-state index contributed by atoms with van der Waals surface area (Å²) >= 11 is 1.37. The van der Waals surface area contributed by atoms with Crippen molar-refractivity contribution in [2.24, 2.45) is 0 Å². The zero-order valence-electron chi connectivity index (χ0n) is 11.7. The maximum Gasteiger partial charge on any atom is 0.369 e. The average Bonchev–Trinajstić information content (AvgIpc) is 3.18. The summed E-state index contributed by atoms with van der Waals surface area (Å²) in [6.45, 7) is 0.199. The molecule has 9 nitrogen and oxygen atoms in total. The highest BCUT2D eigenvalue weighted by Gasteiger charge is 2.14. The molecule has 3 rings (SSSR count). The highest BCUT2D eigenvalue weighted by atomic mass is 32.1. The zero-order valence-corrected chi connectivity index (χ0v) is 12.5. The first kappa shape index (κ1) is 14.9. The van der Waals surface area contributed by atoms with Crippen molar-refractivity contribution < 1.29 is 9.66 Å². The summed E-state index contributed by atoms with van der Waals surface area (Å²) in [7, 11) is 0. The smallest absolute Gasteiger partial charge is 0.369 e. The molecule has 23 heavy (non-hydrogen) atoms. The van der Waals surface area contributed by atoms with E-state index >= 15 is 0 Å². The fraction of sp³-hybridized carbons (Fsp3) is 0.154. The minimum atomic E-state index is -0.519. The third-order valence-electron chi connectivity index (χ3n) is 2.98. The molecule has 0 N–H and O–H groups in total. The summed E-state index contributed by atoms with van der Waals surface area (Å²) in [6, 6.07) is 9.62. The van der Waals surface area contributed by atoms with Crippen molar-refractivity contribution in [3.63, 3.8) is 0 Å². The first-order valence-electron chi connectivity index (χ1n) is 6.60. The molecule has 0 atom stereocenters. The summed E-state index contributed by atoms with van der Waals surface area (Å²) in [5.41, 5.74) is -0.513. The van der Waals surface area contributed by atoms with Gasteiger partial charge in [-0.25, -0.2) is 4.79 Å². The fourth-order valence-electron chi connectivity index (χ4n) is 1.92. The monoisotopic (exact) mass is 333 g/mol. The Kier molecular flexibility index (Phi) is 4.15. The van der Waals surface area contributed by atoms with Crippen LogP contribution in [0.25, 0.3) is 5.00 Å². The number of thiophene rings is 1. The number of benzene rings is 1. The molecule has 118 valence electrons. The van der Waals surface area contributed by atoms with E-state index in [9.17, 15) is 14.9 Å². The van der Waals surface area contributed by atoms with E-state index in [4.69, 9.17) is 4.74 Å². The maximum atomic E-state index is 12.1. The first-order valence-corrected chi connectivity index (χ1v) is 7.47. The molecule has 2 aromatic heterocycles. The van der Waals surface area contributed by atoms with Crippen LogP contribution in [0.3, 0.4) is 0 Å². The van der Waals surface area contributed by atoms with E-state index in [1.807, 2.05) is 11.4 Å². The number of nitrogens with zero attached hydrogens (tertiary/aromatic N) is 5. The molecule has 0 amide bonds. The minimum absolute atomic E-state index is 0.0634. The standard InChI is InChI=1S/C13H11N5O4S/c19-13-16(14-15-17(13)12-6-3-9-23-12)7-8-22-11-5-2-1-4-10(11)18(20)21/h1-6,9H,7-8H2. The van der Waals surface area contributed by atoms with Crippen LogP contribution in [0.15, 0.2) is 46.6 Å². The lowest BCUT2D eigenvalue weighted by atomic mass is 10.3. The van der Waals surface area contributed by atoms with Gasteiger partial charge in [0.1, 0.15) is 11.6 Å². The second kappa shape index (κ2) is 6.40. The number of tetrazole rings is 1. The average molecular weight is 333 g/mol. The van der Waals surface area contributed by atoms with Crippen molar-refractivity contribution in [1.29, 1.82) is 0 Å². The molecule has 3 aromatic rings. The Bertz CT molecular complexity index is 871. The molecule has 0 aliphatic heterocycles. The van der Waals surface area contributed by atoms with Gasteiger partial charge in [-0.2, -0.15) is 9.36 Å². The molecular weight excluding hydrogens is 322 g/mol. The predicted octanol–water partition coefficient (Wildman–Crippen LogP) is 1.48. The number of hydrogen-bond acceptors (Lipinski definition) is 7. The van der Waals surface area contributed by atoms with Crippen LogP contribution in [-0.2, 0) is 6.54 Å². The van der Waals surface area contributed by atoms with Gasteiger partial charge in [-0.15, -0.1) is 11.3 Å². The van der Waals surface area contributed by atoms with Crippen molar-refractivity contribution in [2.45, 2.75) is 6.54 Å². The van der Waals surface area contributed by atoms with Gasteiger partial charge in [-0.05, 0) is 34.0 Å². The van der Waals surface area contributed by atoms with Crippen LogP contribution < -0.4 is 10.4 Å². The van der Waals surface area contributed by atoms with Crippen LogP contribution in [0, 0.1) is 10.1 Å². The summed E-state index contributed by atoms with van der Waals surface area (Å²) in [5.74, 6) is 0.149. The lowest BCUT2D eigenvalue weighted by Gasteiger charge is -2.05. The van der Waals surface area contributed by atoms with E-state index in [1.54, 1.807) is 18.2 Å². The van der Waals surface area contributed by atoms with Gasteiger partial charge in [0.05, 0.1) is 11.5 Å². The Morgan fingerprint density at radius 1 is 1.22 bits per heavy atom. The van der Waals surface area contributed by atoms with E-state index in [-0.39, 0.29) is 24.6 Å². The number of hydrogen-bond donors (Lipinski definition) is 0. The van der Waals surface area contributed by atoms with Crippen molar-refractivity contribution in [3.05, 3.63) is 62.4 Å². The summed E-state index contributed by atoms with van der Waals surface area (Å²) in [6.07, 6.45) is 0. The Hall–Kier alpha value is -3.01. The molecule has 0 saturated carbocycles. The Morgan fingerprint density at radius 3 is 2.78 bits per heavy atom. The molecule has 0 unspecified atom stereocenters. The van der Waals surface area contributed by atoms with Gasteiger partial charge < -0.3 is 4.74 Å². The maximum absolute atomic E-state index is 12.1. The molecule has 0 saturated heterocycles. The molecule has 0 spiro atoms. The molecular formula is C13H11N5O4S. The van der Waals surface area contributed by atoms with Gasteiger partial charge in [-0.1, -0.05) is 12.1 Å². The van der Waals surface area contributed by atoms with Crippen molar-refractivity contribution >= 4 is 17.0 Å². The summed E-state index contributed by atoms with van der Waals surface area (Å²) in [5, 5.41) is 21.0. The third kappa shape index (κ3) is 3.11. The normalized spacial score (nSPS) is 10.6. The highest BCUT2D eigenvalue weighted by Crippen LogP contribution is 2.25. The lowest BCUT2D eigenvalue weighted by Crippen LogP contribution is -2.26. The van der Waals surface area contributed by atoms with Crippen LogP contribution in [0.2, 0.25) is 0 Å². The number of nitro groups is 1. The molecule has 2 heterocycles. The van der Waals surface area contributed by atoms with E-state index in [0.29, 0.717) is 5.00 Å². The Labute approximate surface area is 133 Å². The van der Waals surface area contributed by atoms with Crippen molar-refractivity contribution in [3.8, 4) is 10.8 Å². The van der Waals surface area contributed by atoms with Crippen LogP contribution >= 0.6 is 11.3 Å². The molecule has 0 aliphatic carbocycles. The fourth-order valence-corrected chi connectivity index (χ4v) is 2.58. The topological polar surface area (TPSA) is 105 Å². The van der Waals surface area contributed by atoms with Gasteiger partial charge in [0.25, 0.3) is 0 Å². The summed E-state index contributed by atoms with van der Waals surface area (Å²) < 4.78 is 7.72. The third-order valence-corrected chi connectivity index (χ3v) is 3.82. The summed E-state index contributed by atoms with van der Waals surface area (Å²) in [4.78, 5) is 22.5. The van der Waals surface area contributed by atoms with Gasteiger partial charge in [0.15, 0.2) is 5.75 Å². The van der Waals surface area contributed by atoms with Crippen molar-refractivity contribution in [2.75, 3.05) is 6.61 Å². The molecule has 10 heteroatoms. The minimum Gasteiger partial charge on any atom is -0.485 e. The molecule has 0 fully saturated rings. The number of para-hydroxylation sites is 2. The van der Waals surface area contributed by atoms with Crippen LogP contribution in [0.4, 0.5) is 5.69 Å². The van der Waals surface area contributed by atoms with Crippen molar-refractivity contribution in [1.82, 2.24) is 19.8 Å². The van der Waals surface area contributed by atoms with E-state index < -0.39 is 10.6 Å². The number of aromatic nitrogens is 4. The van der Waals surface area contributed by atoms with E-state index in [0.717, 1.165) is 4.68 Å². The van der Waals surface area contributed by atoms with E-state index in [2.05, 4.69) is 10.4 Å². The molecule has 1 aromatic carbocycles. The second-order valence-corrected chi connectivity index (χ2v) is 5.35. The van der Waals surface area contributed by atoms with Gasteiger partial charge >= 0.3 is 11.4 Å². The number of rotatable bonds is 6. The van der Waals surface area contributed by atoms with E-state index in [1.165, 1.54) is 28.2 Å². The van der Waals surface area contributed by atoms with Gasteiger partial charge in [0, 0.05) is 6.07 Å². The lowest BCUT2D eigenvalue weighted by molar-refractivity contribution is -0.385.